The summed E-state index contributed by atoms with van der Waals surface area (Å²) in [5.41, 5.74) is 2.41. The number of aromatic amines is 1. The van der Waals surface area contributed by atoms with Crippen molar-refractivity contribution < 1.29 is 18.6 Å². The summed E-state index contributed by atoms with van der Waals surface area (Å²) in [5.74, 6) is 0.245. The molecule has 0 spiro atoms. The first-order valence-corrected chi connectivity index (χ1v) is 16.5. The van der Waals surface area contributed by atoms with Gasteiger partial charge in [0.05, 0.1) is 10.9 Å². The number of ether oxygens (including phenoxy) is 1. The highest BCUT2D eigenvalue weighted by molar-refractivity contribution is 7.99. The fourth-order valence-electron chi connectivity index (χ4n) is 5.93. The Labute approximate surface area is 267 Å². The van der Waals surface area contributed by atoms with E-state index in [4.69, 9.17) is 9.73 Å². The van der Waals surface area contributed by atoms with E-state index in [1.807, 2.05) is 25.1 Å². The fraction of sp³-hybridized carbons (Fsp3) is 0.400. The zero-order valence-electron chi connectivity index (χ0n) is 26.3. The first-order valence-electron chi connectivity index (χ1n) is 15.3. The van der Waals surface area contributed by atoms with Gasteiger partial charge in [-0.2, -0.15) is 16.2 Å². The number of aliphatic hydroxyl groups is 1. The molecule has 0 aliphatic carbocycles. The van der Waals surface area contributed by atoms with Crippen molar-refractivity contribution in [2.24, 2.45) is 10.4 Å². The first-order chi connectivity index (χ1) is 21.6. The highest BCUT2D eigenvalue weighted by Gasteiger charge is 2.34. The van der Waals surface area contributed by atoms with Crippen LogP contribution in [-0.4, -0.2) is 51.9 Å². The van der Waals surface area contributed by atoms with Gasteiger partial charge in [-0.1, -0.05) is 44.5 Å². The molecule has 1 aliphatic rings. The molecule has 1 aliphatic heterocycles. The fourth-order valence-corrected chi connectivity index (χ4v) is 7.12. The number of thioether (sulfide) groups is 1. The monoisotopic (exact) mass is 633 g/mol. The van der Waals surface area contributed by atoms with E-state index in [1.165, 1.54) is 6.20 Å². The highest BCUT2D eigenvalue weighted by Crippen LogP contribution is 2.39. The lowest BCUT2D eigenvalue weighted by atomic mass is 9.75. The molecule has 2 aromatic heterocycles. The average Bonchev–Trinajstić information content (AvgIpc) is 3.51. The summed E-state index contributed by atoms with van der Waals surface area (Å²) >= 11 is 1.79. The first kappa shape index (κ1) is 32.6. The second-order valence-electron chi connectivity index (χ2n) is 12.6. The van der Waals surface area contributed by atoms with Gasteiger partial charge in [-0.15, -0.1) is 0 Å². The van der Waals surface area contributed by atoms with Crippen LogP contribution in [0.3, 0.4) is 0 Å². The zero-order chi connectivity index (χ0) is 32.2. The van der Waals surface area contributed by atoms with Crippen molar-refractivity contribution >= 4 is 34.3 Å². The Morgan fingerprint density at radius 3 is 2.71 bits per heavy atom. The number of nitrogens with one attached hydrogen (secondary N) is 3. The lowest BCUT2D eigenvalue weighted by molar-refractivity contribution is 0.299. The highest BCUT2D eigenvalue weighted by atomic mass is 32.2. The van der Waals surface area contributed by atoms with Crippen molar-refractivity contribution in [1.29, 1.82) is 5.41 Å². The minimum Gasteiger partial charge on any atom is -0.454 e. The van der Waals surface area contributed by atoms with Gasteiger partial charge in [0.25, 0.3) is 0 Å². The Morgan fingerprint density at radius 2 is 1.93 bits per heavy atom. The van der Waals surface area contributed by atoms with Gasteiger partial charge in [-0.3, -0.25) is 10.4 Å². The van der Waals surface area contributed by atoms with Gasteiger partial charge >= 0.3 is 0 Å². The van der Waals surface area contributed by atoms with E-state index in [9.17, 15) is 10.5 Å². The van der Waals surface area contributed by atoms with Gasteiger partial charge in [0.1, 0.15) is 17.3 Å². The molecule has 4 aromatic rings. The molecular formula is C35H41F2N5O2S. The number of halogens is 2. The second-order valence-corrected chi connectivity index (χ2v) is 13.7. The van der Waals surface area contributed by atoms with Gasteiger partial charge in [0, 0.05) is 43.1 Å². The number of hydrogen-bond donors (Lipinski definition) is 4. The molecule has 0 unspecified atom stereocenters. The van der Waals surface area contributed by atoms with E-state index >= 15 is 8.78 Å². The third kappa shape index (κ3) is 7.07. The molecule has 0 radical (unpaired) electrons. The standard InChI is InChI=1S/C35H41F2N5O2S/c1-34(2)13-6-14-35(3,23-8-5-7-22(19-23)11-17-43)33(38)42-32(39-4)27-20-24(9-15-40-27)44-31-26(12-18-45-21-34)25-10-16-41-30(25)28(36)29(31)37/h5,7-10,15-16,19-20,41,43H,6,11-14,17-18,21H2,1-4H3,(H2,38,39,42)/t35-/m1/s1. The Kier molecular flexibility index (Phi) is 9.94. The molecular weight excluding hydrogens is 592 g/mol. The summed E-state index contributed by atoms with van der Waals surface area (Å²) in [6, 6.07) is 13.0. The maximum Gasteiger partial charge on any atom is 0.203 e. The molecule has 1 atom stereocenters. The molecule has 2 bridgehead atoms. The minimum absolute atomic E-state index is 0.00941. The number of aromatic nitrogens is 2. The maximum absolute atomic E-state index is 15.6. The van der Waals surface area contributed by atoms with Gasteiger partial charge in [-0.25, -0.2) is 9.38 Å². The average molecular weight is 634 g/mol. The summed E-state index contributed by atoms with van der Waals surface area (Å²) < 4.78 is 36.8. The number of aliphatic hydroxyl groups excluding tert-OH is 1. The number of benzene rings is 2. The summed E-state index contributed by atoms with van der Waals surface area (Å²) in [6.07, 6.45) is 6.70. The number of aryl methyl sites for hydroxylation is 1. The smallest absolute Gasteiger partial charge is 0.203 e. The Bertz CT molecular complexity index is 1720. The summed E-state index contributed by atoms with van der Waals surface area (Å²) in [7, 11) is 1.71. The quantitative estimate of drug-likeness (QED) is 0.186. The van der Waals surface area contributed by atoms with E-state index in [0.29, 0.717) is 47.5 Å². The summed E-state index contributed by atoms with van der Waals surface area (Å²) in [5, 5.41) is 22.5. The van der Waals surface area contributed by atoms with Gasteiger partial charge in [-0.05, 0) is 72.8 Å². The lowest BCUT2D eigenvalue weighted by Crippen LogP contribution is -2.34. The molecule has 45 heavy (non-hydrogen) atoms. The van der Waals surface area contributed by atoms with Crippen LogP contribution < -0.4 is 10.1 Å². The summed E-state index contributed by atoms with van der Waals surface area (Å²) in [6.45, 7) is 6.59. The molecule has 238 valence electrons. The second kappa shape index (κ2) is 13.7. The number of fused-ring (bicyclic) bond motifs is 5. The number of pyridine rings is 1. The third-order valence-corrected chi connectivity index (χ3v) is 10.1. The largest absolute Gasteiger partial charge is 0.454 e. The molecule has 3 heterocycles. The predicted molar refractivity (Wildman–Crippen MR) is 179 cm³/mol. The van der Waals surface area contributed by atoms with E-state index < -0.39 is 17.0 Å². The molecule has 0 saturated carbocycles. The number of H-pyrrole nitrogens is 1. The molecule has 2 aromatic carbocycles. The predicted octanol–water partition coefficient (Wildman–Crippen LogP) is 7.56. The van der Waals surface area contributed by atoms with Crippen molar-refractivity contribution in [3.63, 3.8) is 0 Å². The topological polar surface area (TPSA) is 106 Å². The van der Waals surface area contributed by atoms with Crippen LogP contribution in [0.1, 0.15) is 62.4 Å². The zero-order valence-corrected chi connectivity index (χ0v) is 27.1. The Hall–Kier alpha value is -3.76. The Morgan fingerprint density at radius 1 is 1.11 bits per heavy atom. The SMILES string of the molecule is CN/C1=N\C(=N)[C@@](C)(c2cccc(CCO)c2)CCCC(C)(C)CSCCc2c(c(F)c(F)c3[nH]ccc23)Oc2ccnc1c2. The van der Waals surface area contributed by atoms with Crippen molar-refractivity contribution in [2.45, 2.75) is 58.3 Å². The van der Waals surface area contributed by atoms with Crippen LogP contribution >= 0.6 is 11.8 Å². The van der Waals surface area contributed by atoms with E-state index in [-0.39, 0.29) is 34.9 Å². The number of aliphatic imine (C=N–C) groups is 1. The van der Waals surface area contributed by atoms with Gasteiger partial charge in [0.15, 0.2) is 17.4 Å². The Balaban J connectivity index is 1.61. The van der Waals surface area contributed by atoms with E-state index in [2.05, 4.69) is 35.2 Å². The summed E-state index contributed by atoms with van der Waals surface area (Å²) in [4.78, 5) is 12.1. The van der Waals surface area contributed by atoms with Gasteiger partial charge in [0.2, 0.25) is 5.82 Å². The molecule has 7 nitrogen and oxygen atoms in total. The van der Waals surface area contributed by atoms with Gasteiger partial charge < -0.3 is 20.1 Å². The molecule has 5 rings (SSSR count). The van der Waals surface area contributed by atoms with E-state index in [1.54, 1.807) is 43.2 Å². The molecule has 10 heteroatoms. The number of amidine groups is 2. The maximum atomic E-state index is 15.6. The third-order valence-electron chi connectivity index (χ3n) is 8.62. The van der Waals surface area contributed by atoms with Crippen LogP contribution in [0, 0.1) is 22.5 Å². The molecule has 4 N–H and O–H groups in total. The van der Waals surface area contributed by atoms with Crippen LogP contribution in [0.4, 0.5) is 8.78 Å². The van der Waals surface area contributed by atoms with Crippen LogP contribution in [0.15, 0.2) is 59.9 Å². The molecule has 0 saturated heterocycles. The van der Waals surface area contributed by atoms with Crippen LogP contribution in [0.5, 0.6) is 11.5 Å². The lowest BCUT2D eigenvalue weighted by Gasteiger charge is -2.32. The van der Waals surface area contributed by atoms with Crippen molar-refractivity contribution in [2.75, 3.05) is 25.2 Å². The normalized spacial score (nSPS) is 20.8. The van der Waals surface area contributed by atoms with Crippen LogP contribution in [-0.2, 0) is 18.3 Å². The van der Waals surface area contributed by atoms with Crippen molar-refractivity contribution in [1.82, 2.24) is 15.3 Å². The van der Waals surface area contributed by atoms with E-state index in [0.717, 1.165) is 29.7 Å². The number of rotatable bonds is 3. The van der Waals surface area contributed by atoms with Crippen LogP contribution in [0.25, 0.3) is 10.9 Å². The number of hydrogen-bond acceptors (Lipinski definition) is 6. The van der Waals surface area contributed by atoms with Crippen molar-refractivity contribution in [3.8, 4) is 11.5 Å². The minimum atomic E-state index is -1.04. The number of nitrogens with zero attached hydrogens (tertiary/aromatic N) is 2. The van der Waals surface area contributed by atoms with Crippen LogP contribution in [0.2, 0.25) is 0 Å². The molecule has 0 amide bonds. The van der Waals surface area contributed by atoms with Crippen molar-refractivity contribution in [3.05, 3.63) is 88.9 Å². The molecule has 0 fully saturated rings.